The smallest absolute Gasteiger partial charge is 0.410 e. The summed E-state index contributed by atoms with van der Waals surface area (Å²) >= 11 is 0. The van der Waals surface area contributed by atoms with Crippen LogP contribution in [0.15, 0.2) is 72.4 Å². The normalized spacial score (nSPS) is 15.2. The molecule has 1 fully saturated rings. The number of carbonyl (C=O) groups is 1. The first-order valence-electron chi connectivity index (χ1n) is 11.9. The molecule has 1 aromatic carbocycles. The first-order valence-corrected chi connectivity index (χ1v) is 11.9. The third-order valence-electron chi connectivity index (χ3n) is 6.07. The second-order valence-corrected chi connectivity index (χ2v) is 9.85. The number of hydrogen-bond donors (Lipinski definition) is 0. The number of carbonyl (C=O) groups excluding carboxylic acids is 1. The van der Waals surface area contributed by atoms with Gasteiger partial charge >= 0.3 is 6.09 Å². The van der Waals surface area contributed by atoms with Gasteiger partial charge in [0.25, 0.3) is 0 Å². The number of ether oxygens (including phenoxy) is 1. The third-order valence-corrected chi connectivity index (χ3v) is 6.07. The van der Waals surface area contributed by atoms with Crippen LogP contribution in [0.4, 0.5) is 4.79 Å². The molecule has 0 atom stereocenters. The maximum absolute atomic E-state index is 12.3. The average Bonchev–Trinajstić information content (AvgIpc) is 3.50. The topological polar surface area (TPSA) is 77.5 Å². The molecule has 180 valence electrons. The van der Waals surface area contributed by atoms with Gasteiger partial charge in [-0.2, -0.15) is 10.2 Å². The van der Waals surface area contributed by atoms with Crippen molar-refractivity contribution < 1.29 is 9.53 Å². The summed E-state index contributed by atoms with van der Waals surface area (Å²) < 4.78 is 9.36. The highest BCUT2D eigenvalue weighted by Gasteiger charge is 2.28. The predicted molar refractivity (Wildman–Crippen MR) is 136 cm³/mol. The molecule has 35 heavy (non-hydrogen) atoms. The van der Waals surface area contributed by atoms with Gasteiger partial charge in [0.2, 0.25) is 0 Å². The number of amides is 1. The van der Waals surface area contributed by atoms with E-state index in [-0.39, 0.29) is 12.1 Å². The number of nitrogens with zero attached hydrogens (tertiary/aromatic N) is 6. The molecule has 0 N–H and O–H groups in total. The summed E-state index contributed by atoms with van der Waals surface area (Å²) in [6.07, 6.45) is 11.0. The minimum absolute atomic E-state index is 0.241. The largest absolute Gasteiger partial charge is 0.444 e. The van der Waals surface area contributed by atoms with Gasteiger partial charge in [0.05, 0.1) is 29.5 Å². The van der Waals surface area contributed by atoms with Crippen LogP contribution in [0.5, 0.6) is 0 Å². The number of rotatable bonds is 4. The van der Waals surface area contributed by atoms with Gasteiger partial charge in [-0.1, -0.05) is 30.3 Å². The zero-order valence-corrected chi connectivity index (χ0v) is 20.3. The van der Waals surface area contributed by atoms with Crippen LogP contribution in [0.1, 0.15) is 45.2 Å². The Kier molecular flexibility index (Phi) is 6.11. The molecule has 1 amide bonds. The first-order chi connectivity index (χ1) is 16.9. The number of likely N-dealkylation sites (tertiary alicyclic amines) is 1. The van der Waals surface area contributed by atoms with Crippen LogP contribution < -0.4 is 0 Å². The van der Waals surface area contributed by atoms with E-state index in [0.717, 1.165) is 40.6 Å². The van der Waals surface area contributed by atoms with Crippen LogP contribution in [0, 0.1) is 0 Å². The van der Waals surface area contributed by atoms with E-state index >= 15 is 0 Å². The monoisotopic (exact) mass is 470 g/mol. The summed E-state index contributed by atoms with van der Waals surface area (Å²) in [5, 5.41) is 9.24. The number of pyridine rings is 1. The maximum Gasteiger partial charge on any atom is 0.410 e. The number of hydrogen-bond acceptors (Lipinski definition) is 5. The molecule has 8 nitrogen and oxygen atoms in total. The Bertz CT molecular complexity index is 1340. The van der Waals surface area contributed by atoms with Crippen molar-refractivity contribution in [2.75, 3.05) is 13.1 Å². The molecule has 0 radical (unpaired) electrons. The van der Waals surface area contributed by atoms with Crippen molar-refractivity contribution in [3.8, 4) is 11.1 Å². The molecule has 0 bridgehead atoms. The Morgan fingerprint density at radius 3 is 2.60 bits per heavy atom. The lowest BCUT2D eigenvalue weighted by Crippen LogP contribution is -2.42. The summed E-state index contributed by atoms with van der Waals surface area (Å²) in [4.78, 5) is 18.8. The average molecular weight is 471 g/mol. The molecule has 0 saturated carbocycles. The van der Waals surface area contributed by atoms with Gasteiger partial charge in [0, 0.05) is 42.8 Å². The summed E-state index contributed by atoms with van der Waals surface area (Å²) in [6, 6.07) is 14.3. The summed E-state index contributed by atoms with van der Waals surface area (Å²) in [6.45, 7) is 7.00. The number of benzene rings is 1. The van der Waals surface area contributed by atoms with Crippen molar-refractivity contribution in [1.82, 2.24) is 24.3 Å². The fourth-order valence-corrected chi connectivity index (χ4v) is 4.25. The predicted octanol–water partition coefficient (Wildman–Crippen LogP) is 5.35. The quantitative estimate of drug-likeness (QED) is 0.377. The molecule has 0 aliphatic carbocycles. The van der Waals surface area contributed by atoms with E-state index in [9.17, 15) is 4.79 Å². The van der Waals surface area contributed by atoms with Gasteiger partial charge in [-0.05, 0) is 51.3 Å². The van der Waals surface area contributed by atoms with E-state index in [1.807, 2.05) is 91.3 Å². The molecular weight excluding hydrogens is 440 g/mol. The zero-order chi connectivity index (χ0) is 24.4. The minimum atomic E-state index is -0.479. The van der Waals surface area contributed by atoms with Crippen LogP contribution in [0.3, 0.4) is 0 Å². The van der Waals surface area contributed by atoms with E-state index < -0.39 is 5.60 Å². The Morgan fingerprint density at radius 1 is 1.09 bits per heavy atom. The highest BCUT2D eigenvalue weighted by atomic mass is 16.6. The van der Waals surface area contributed by atoms with Crippen molar-refractivity contribution >= 4 is 23.3 Å². The van der Waals surface area contributed by atoms with Gasteiger partial charge in [0.15, 0.2) is 0 Å². The summed E-state index contributed by atoms with van der Waals surface area (Å²) in [7, 11) is 0. The molecule has 0 spiro atoms. The SMILES string of the molecule is CC(C)(C)OC(=O)N1CCC(n2cc(-c3cnc4ccn(/N=C/c5ccccc5)c4c3)cn2)CC1. The van der Waals surface area contributed by atoms with E-state index in [1.165, 1.54) is 0 Å². The Labute approximate surface area is 204 Å². The molecule has 8 heteroatoms. The van der Waals surface area contributed by atoms with E-state index in [4.69, 9.17) is 4.74 Å². The van der Waals surface area contributed by atoms with Crippen LogP contribution >= 0.6 is 0 Å². The highest BCUT2D eigenvalue weighted by molar-refractivity contribution is 5.83. The van der Waals surface area contributed by atoms with Crippen LogP contribution in [-0.4, -0.2) is 55.3 Å². The highest BCUT2D eigenvalue weighted by Crippen LogP contribution is 2.27. The number of aromatic nitrogens is 4. The summed E-state index contributed by atoms with van der Waals surface area (Å²) in [5.41, 5.74) is 4.39. The van der Waals surface area contributed by atoms with Crippen LogP contribution in [0.2, 0.25) is 0 Å². The Morgan fingerprint density at radius 2 is 1.86 bits per heavy atom. The first kappa shape index (κ1) is 22.8. The Balaban J connectivity index is 1.29. The fraction of sp³-hybridized carbons (Fsp3) is 0.333. The van der Waals surface area contributed by atoms with Crippen molar-refractivity contribution in [2.45, 2.75) is 45.3 Å². The molecule has 4 aromatic rings. The molecule has 1 saturated heterocycles. The number of fused-ring (bicyclic) bond motifs is 1. The second-order valence-electron chi connectivity index (χ2n) is 9.85. The van der Waals surface area contributed by atoms with E-state index in [2.05, 4.69) is 27.4 Å². The lowest BCUT2D eigenvalue weighted by Gasteiger charge is -2.33. The molecule has 3 aromatic heterocycles. The molecule has 1 aliphatic rings. The van der Waals surface area contributed by atoms with Gasteiger partial charge in [-0.3, -0.25) is 9.67 Å². The van der Waals surface area contributed by atoms with Gasteiger partial charge in [0.1, 0.15) is 5.60 Å². The maximum atomic E-state index is 12.3. The minimum Gasteiger partial charge on any atom is -0.444 e. The van der Waals surface area contributed by atoms with Gasteiger partial charge in [-0.25, -0.2) is 9.47 Å². The lowest BCUT2D eigenvalue weighted by atomic mass is 10.1. The Hall–Kier alpha value is -3.94. The summed E-state index contributed by atoms with van der Waals surface area (Å²) in [5.74, 6) is 0. The number of piperidine rings is 1. The molecule has 4 heterocycles. The zero-order valence-electron chi connectivity index (χ0n) is 20.3. The van der Waals surface area contributed by atoms with E-state index in [1.54, 1.807) is 4.90 Å². The third kappa shape index (κ3) is 5.26. The molecular formula is C27H30N6O2. The molecule has 1 aliphatic heterocycles. The van der Waals surface area contributed by atoms with Crippen molar-refractivity contribution in [3.63, 3.8) is 0 Å². The van der Waals surface area contributed by atoms with Crippen LogP contribution in [-0.2, 0) is 4.74 Å². The standard InChI is InChI=1S/C27H30N6O2/c1-27(2,3)35-26(34)31-12-9-23(10-13-31)33-19-22(18-30-33)21-15-25-24(28-17-21)11-14-32(25)29-16-20-7-5-4-6-8-20/h4-8,11,14-19,23H,9-10,12-13H2,1-3H3/b29-16+. The molecule has 0 unspecified atom stereocenters. The fourth-order valence-electron chi connectivity index (χ4n) is 4.25. The van der Waals surface area contributed by atoms with Gasteiger partial charge < -0.3 is 9.64 Å². The van der Waals surface area contributed by atoms with Gasteiger partial charge in [-0.15, -0.1) is 0 Å². The van der Waals surface area contributed by atoms with Crippen molar-refractivity contribution in [2.24, 2.45) is 5.10 Å². The lowest BCUT2D eigenvalue weighted by molar-refractivity contribution is 0.0185. The van der Waals surface area contributed by atoms with Crippen molar-refractivity contribution in [3.05, 3.63) is 72.8 Å². The second kappa shape index (κ2) is 9.37. The van der Waals surface area contributed by atoms with Crippen LogP contribution in [0.25, 0.3) is 22.2 Å². The van der Waals surface area contributed by atoms with E-state index in [0.29, 0.717) is 13.1 Å². The van der Waals surface area contributed by atoms with Crippen molar-refractivity contribution in [1.29, 1.82) is 0 Å². The molecule has 5 rings (SSSR count).